The van der Waals surface area contributed by atoms with E-state index in [9.17, 15) is 9.18 Å². The number of nitrogens with two attached hydrogens (primary N) is 1. The standard InChI is InChI=1S/C17H17FN4O2S2/c18-13-2-1-11(21-14(23)15-20-4-6-25-15)7-12(13)17-3-5-24-8-10(17)9-26-16(19)22-17/h1-2,4,6-7,10H,3,5,8-9H2,(H2,19,22)(H,21,23)/t10-,17-/m0/s1. The molecule has 2 atom stereocenters. The fraction of sp³-hybridized carbons (Fsp3) is 0.353. The van der Waals surface area contributed by atoms with Crippen LogP contribution in [0.15, 0.2) is 34.8 Å². The number of fused-ring (bicyclic) bond motifs is 1. The number of amidine groups is 1. The molecular weight excluding hydrogens is 375 g/mol. The number of thiazole rings is 1. The number of hydrogen-bond donors (Lipinski definition) is 2. The molecule has 136 valence electrons. The van der Waals surface area contributed by atoms with Gasteiger partial charge in [0.05, 0.1) is 12.1 Å². The highest BCUT2D eigenvalue weighted by atomic mass is 32.2. The molecule has 1 fully saturated rings. The van der Waals surface area contributed by atoms with Crippen molar-refractivity contribution in [1.29, 1.82) is 0 Å². The van der Waals surface area contributed by atoms with E-state index in [1.807, 2.05) is 0 Å². The first-order valence-electron chi connectivity index (χ1n) is 8.15. The largest absolute Gasteiger partial charge is 0.381 e. The van der Waals surface area contributed by atoms with Gasteiger partial charge >= 0.3 is 0 Å². The number of thioether (sulfide) groups is 1. The summed E-state index contributed by atoms with van der Waals surface area (Å²) in [5.41, 5.74) is 6.18. The second-order valence-corrected chi connectivity index (χ2v) is 8.13. The molecular formula is C17H17FN4O2S2. The predicted octanol–water partition coefficient (Wildman–Crippen LogP) is 2.83. The quantitative estimate of drug-likeness (QED) is 0.838. The van der Waals surface area contributed by atoms with E-state index in [0.717, 1.165) is 5.75 Å². The molecule has 2 aliphatic heterocycles. The Balaban J connectivity index is 1.71. The van der Waals surface area contributed by atoms with Gasteiger partial charge < -0.3 is 15.8 Å². The van der Waals surface area contributed by atoms with Crippen molar-refractivity contribution in [3.05, 3.63) is 46.2 Å². The zero-order chi connectivity index (χ0) is 18.1. The Kier molecular flexibility index (Phi) is 4.68. The van der Waals surface area contributed by atoms with Crippen molar-refractivity contribution >= 4 is 39.9 Å². The normalized spacial score (nSPS) is 25.3. The Morgan fingerprint density at radius 3 is 3.15 bits per heavy atom. The van der Waals surface area contributed by atoms with Crippen LogP contribution in [-0.2, 0) is 10.3 Å². The third-order valence-corrected chi connectivity index (χ3v) is 6.41. The third kappa shape index (κ3) is 3.10. The Hall–Kier alpha value is -1.97. The Labute approximate surface area is 158 Å². The van der Waals surface area contributed by atoms with Crippen LogP contribution in [0.4, 0.5) is 10.1 Å². The highest BCUT2D eigenvalue weighted by molar-refractivity contribution is 8.13. The lowest BCUT2D eigenvalue weighted by Gasteiger charge is -2.44. The Bertz CT molecular complexity index is 858. The number of anilines is 1. The second kappa shape index (κ2) is 6.98. The number of aromatic nitrogens is 1. The molecule has 2 aromatic rings. The fourth-order valence-electron chi connectivity index (χ4n) is 3.41. The average molecular weight is 392 g/mol. The van der Waals surface area contributed by atoms with Gasteiger partial charge in [0.25, 0.3) is 5.91 Å². The Morgan fingerprint density at radius 1 is 1.46 bits per heavy atom. The van der Waals surface area contributed by atoms with E-state index in [4.69, 9.17) is 10.5 Å². The van der Waals surface area contributed by atoms with E-state index in [-0.39, 0.29) is 17.6 Å². The van der Waals surface area contributed by atoms with Crippen LogP contribution in [-0.4, -0.2) is 35.0 Å². The highest BCUT2D eigenvalue weighted by Gasteiger charge is 2.47. The molecule has 1 amide bonds. The number of hydrogen-bond acceptors (Lipinski definition) is 7. The van der Waals surface area contributed by atoms with Gasteiger partial charge in [-0.15, -0.1) is 11.3 Å². The third-order valence-electron chi connectivity index (χ3n) is 4.68. The van der Waals surface area contributed by atoms with Crippen molar-refractivity contribution in [2.75, 3.05) is 24.3 Å². The molecule has 4 rings (SSSR count). The first kappa shape index (κ1) is 17.4. The molecule has 9 heteroatoms. The topological polar surface area (TPSA) is 89.6 Å². The molecule has 26 heavy (non-hydrogen) atoms. The van der Waals surface area contributed by atoms with Crippen LogP contribution in [0.25, 0.3) is 0 Å². The summed E-state index contributed by atoms with van der Waals surface area (Å²) < 4.78 is 20.4. The summed E-state index contributed by atoms with van der Waals surface area (Å²) >= 11 is 2.71. The van der Waals surface area contributed by atoms with Crippen molar-refractivity contribution in [1.82, 2.24) is 4.98 Å². The Morgan fingerprint density at radius 2 is 2.35 bits per heavy atom. The van der Waals surface area contributed by atoms with Crippen LogP contribution in [0.3, 0.4) is 0 Å². The summed E-state index contributed by atoms with van der Waals surface area (Å²) in [7, 11) is 0. The van der Waals surface area contributed by atoms with Crippen LogP contribution >= 0.6 is 23.1 Å². The monoisotopic (exact) mass is 392 g/mol. The van der Waals surface area contributed by atoms with Gasteiger partial charge in [-0.2, -0.15) is 0 Å². The van der Waals surface area contributed by atoms with E-state index < -0.39 is 5.54 Å². The summed E-state index contributed by atoms with van der Waals surface area (Å²) in [4.78, 5) is 20.9. The molecule has 1 saturated heterocycles. The van der Waals surface area contributed by atoms with Crippen LogP contribution in [0.2, 0.25) is 0 Å². The summed E-state index contributed by atoms with van der Waals surface area (Å²) in [6, 6.07) is 4.56. The first-order valence-corrected chi connectivity index (χ1v) is 10.0. The predicted molar refractivity (Wildman–Crippen MR) is 101 cm³/mol. The fourth-order valence-corrected chi connectivity index (χ4v) is 4.91. The number of carbonyl (C=O) groups is 1. The lowest BCUT2D eigenvalue weighted by Crippen LogP contribution is -2.47. The highest BCUT2D eigenvalue weighted by Crippen LogP contribution is 2.46. The molecule has 1 aromatic carbocycles. The minimum Gasteiger partial charge on any atom is -0.381 e. The van der Waals surface area contributed by atoms with Gasteiger partial charge in [0.2, 0.25) is 0 Å². The van der Waals surface area contributed by atoms with Gasteiger partial charge in [-0.3, -0.25) is 9.79 Å². The van der Waals surface area contributed by atoms with Crippen LogP contribution in [0, 0.1) is 11.7 Å². The van der Waals surface area contributed by atoms with E-state index in [0.29, 0.717) is 41.1 Å². The maximum atomic E-state index is 14.8. The van der Waals surface area contributed by atoms with E-state index in [1.54, 1.807) is 23.7 Å². The zero-order valence-electron chi connectivity index (χ0n) is 13.8. The summed E-state index contributed by atoms with van der Waals surface area (Å²) in [5, 5.41) is 5.32. The summed E-state index contributed by atoms with van der Waals surface area (Å²) in [6.07, 6.45) is 2.12. The molecule has 0 spiro atoms. The van der Waals surface area contributed by atoms with E-state index >= 15 is 0 Å². The van der Waals surface area contributed by atoms with Crippen molar-refractivity contribution in [2.45, 2.75) is 12.0 Å². The maximum absolute atomic E-state index is 14.8. The van der Waals surface area contributed by atoms with Gasteiger partial charge in [0, 0.05) is 47.5 Å². The van der Waals surface area contributed by atoms with Gasteiger partial charge in [-0.05, 0) is 18.2 Å². The minimum absolute atomic E-state index is 0.0352. The number of halogens is 1. The SMILES string of the molecule is NC1=N[C@@]2(c3cc(NC(=O)c4nccs4)ccc3F)CCOC[C@H]2CS1. The number of aliphatic imine (C=N–C) groups is 1. The number of rotatable bonds is 3. The average Bonchev–Trinajstić information content (AvgIpc) is 3.18. The second-order valence-electron chi connectivity index (χ2n) is 6.19. The molecule has 0 aliphatic carbocycles. The van der Waals surface area contributed by atoms with E-state index in [2.05, 4.69) is 15.3 Å². The lowest BCUT2D eigenvalue weighted by atomic mass is 9.75. The molecule has 0 saturated carbocycles. The number of nitrogens with zero attached hydrogens (tertiary/aromatic N) is 2. The number of benzene rings is 1. The molecule has 0 radical (unpaired) electrons. The lowest BCUT2D eigenvalue weighted by molar-refractivity contribution is 0.00886. The number of carbonyl (C=O) groups excluding carboxylic acids is 1. The molecule has 1 aromatic heterocycles. The smallest absolute Gasteiger partial charge is 0.284 e. The molecule has 3 heterocycles. The first-order chi connectivity index (χ1) is 12.6. The molecule has 6 nitrogen and oxygen atoms in total. The van der Waals surface area contributed by atoms with E-state index in [1.165, 1.54) is 29.2 Å². The van der Waals surface area contributed by atoms with Gasteiger partial charge in [0.15, 0.2) is 10.2 Å². The minimum atomic E-state index is -0.750. The van der Waals surface area contributed by atoms with Gasteiger partial charge in [-0.1, -0.05) is 11.8 Å². The van der Waals surface area contributed by atoms with Gasteiger partial charge in [0.1, 0.15) is 5.82 Å². The summed E-state index contributed by atoms with van der Waals surface area (Å²) in [5.74, 6) is 0.0890. The molecule has 3 N–H and O–H groups in total. The molecule has 0 unspecified atom stereocenters. The van der Waals surface area contributed by atoms with Crippen molar-refractivity contribution < 1.29 is 13.9 Å². The maximum Gasteiger partial charge on any atom is 0.284 e. The number of ether oxygens (including phenoxy) is 1. The zero-order valence-corrected chi connectivity index (χ0v) is 15.4. The van der Waals surface area contributed by atoms with Crippen LogP contribution in [0.5, 0.6) is 0 Å². The van der Waals surface area contributed by atoms with Crippen LogP contribution < -0.4 is 11.1 Å². The summed E-state index contributed by atoms with van der Waals surface area (Å²) in [6.45, 7) is 1.01. The van der Waals surface area contributed by atoms with Crippen molar-refractivity contribution in [2.24, 2.45) is 16.6 Å². The molecule has 2 aliphatic rings. The number of amides is 1. The van der Waals surface area contributed by atoms with Crippen LogP contribution in [0.1, 0.15) is 21.8 Å². The van der Waals surface area contributed by atoms with Crippen molar-refractivity contribution in [3.8, 4) is 0 Å². The number of nitrogens with one attached hydrogen (secondary N) is 1. The van der Waals surface area contributed by atoms with Crippen molar-refractivity contribution in [3.63, 3.8) is 0 Å². The van der Waals surface area contributed by atoms with Gasteiger partial charge in [-0.25, -0.2) is 9.37 Å². The molecule has 0 bridgehead atoms.